The molecule has 2 atom stereocenters. The zero-order valence-corrected chi connectivity index (χ0v) is 15.9. The molecule has 2 aromatic rings. The molecule has 6 nitrogen and oxygen atoms in total. The van der Waals surface area contributed by atoms with Gasteiger partial charge in [0.25, 0.3) is 0 Å². The number of nitrogens with one attached hydrogen (secondary N) is 1. The van der Waals surface area contributed by atoms with Gasteiger partial charge in [-0.2, -0.15) is 0 Å². The second-order valence-corrected chi connectivity index (χ2v) is 9.36. The smallest absolute Gasteiger partial charge is 0.229 e. The van der Waals surface area contributed by atoms with Crippen LogP contribution in [0.1, 0.15) is 18.2 Å². The number of hydrogen-bond donors (Lipinski definition) is 2. The van der Waals surface area contributed by atoms with Crippen LogP contribution in [-0.4, -0.2) is 29.9 Å². The lowest BCUT2D eigenvalue weighted by molar-refractivity contribution is 0.607. The van der Waals surface area contributed by atoms with Gasteiger partial charge in [-0.05, 0) is 34.8 Å². The number of nitrogen functional groups attached to an aromatic ring is 1. The quantitative estimate of drug-likeness (QED) is 0.841. The van der Waals surface area contributed by atoms with Crippen molar-refractivity contribution in [1.29, 1.82) is 0 Å². The van der Waals surface area contributed by atoms with Crippen LogP contribution in [0.2, 0.25) is 0 Å². The van der Waals surface area contributed by atoms with E-state index < -0.39 is 10.0 Å². The van der Waals surface area contributed by atoms with E-state index in [9.17, 15) is 8.42 Å². The molecule has 1 aliphatic heterocycles. The Hall–Kier alpha value is -2.32. The van der Waals surface area contributed by atoms with Crippen molar-refractivity contribution in [3.05, 3.63) is 54.0 Å². The number of sulfonamides is 1. The van der Waals surface area contributed by atoms with Gasteiger partial charge in [-0.25, -0.2) is 18.4 Å². The van der Waals surface area contributed by atoms with E-state index in [1.165, 1.54) is 17.5 Å². The van der Waals surface area contributed by atoms with Gasteiger partial charge in [0.05, 0.1) is 16.8 Å². The lowest BCUT2D eigenvalue weighted by Crippen LogP contribution is -2.17. The van der Waals surface area contributed by atoms with Crippen molar-refractivity contribution >= 4 is 44.4 Å². The zero-order valence-electron chi connectivity index (χ0n) is 14.3. The van der Waals surface area contributed by atoms with Crippen LogP contribution in [0.4, 0.5) is 11.5 Å². The molecule has 1 aliphatic carbocycles. The molecule has 26 heavy (non-hydrogen) atoms. The highest BCUT2D eigenvalue weighted by molar-refractivity contribution is 8.01. The first kappa shape index (κ1) is 17.1. The molecule has 2 heterocycles. The number of hydrogen-bond acceptors (Lipinski definition) is 6. The number of aromatic nitrogens is 2. The summed E-state index contributed by atoms with van der Waals surface area (Å²) in [7, 11) is -3.27. The average molecular weight is 387 g/mol. The van der Waals surface area contributed by atoms with Gasteiger partial charge in [0.1, 0.15) is 12.1 Å². The number of nitrogens with two attached hydrogens (primary N) is 1. The Morgan fingerprint density at radius 2 is 1.81 bits per heavy atom. The van der Waals surface area contributed by atoms with E-state index in [-0.39, 0.29) is 11.2 Å². The van der Waals surface area contributed by atoms with E-state index >= 15 is 0 Å². The molecular weight excluding hydrogens is 368 g/mol. The van der Waals surface area contributed by atoms with Crippen molar-refractivity contribution in [3.8, 4) is 0 Å². The third kappa shape index (κ3) is 2.99. The molecule has 1 aromatic heterocycles. The number of rotatable bonds is 3. The first-order valence-electron chi connectivity index (χ1n) is 8.11. The minimum atomic E-state index is -3.27. The molecule has 0 radical (unpaired) electrons. The molecule has 0 saturated carbocycles. The van der Waals surface area contributed by atoms with E-state index in [1.54, 1.807) is 23.9 Å². The van der Waals surface area contributed by atoms with Gasteiger partial charge in [-0.1, -0.05) is 31.2 Å². The summed E-state index contributed by atoms with van der Waals surface area (Å²) in [5.41, 5.74) is 11.0. The minimum Gasteiger partial charge on any atom is -0.383 e. The van der Waals surface area contributed by atoms with E-state index in [4.69, 9.17) is 5.73 Å². The number of fused-ring (bicyclic) bond motifs is 3. The normalized spacial score (nSPS) is 21.5. The van der Waals surface area contributed by atoms with Crippen LogP contribution in [0.5, 0.6) is 0 Å². The zero-order chi connectivity index (χ0) is 18.5. The molecule has 2 aliphatic rings. The summed E-state index contributed by atoms with van der Waals surface area (Å²) in [5, 5.41) is 0.248. The molecule has 4 rings (SSSR count). The first-order chi connectivity index (χ1) is 12.3. The van der Waals surface area contributed by atoms with Crippen molar-refractivity contribution in [2.75, 3.05) is 16.7 Å². The fourth-order valence-electron chi connectivity index (χ4n) is 3.38. The second-order valence-electron chi connectivity index (χ2n) is 6.46. The third-order valence-corrected chi connectivity index (χ3v) is 6.73. The van der Waals surface area contributed by atoms with Crippen molar-refractivity contribution in [1.82, 2.24) is 9.97 Å². The van der Waals surface area contributed by atoms with E-state index in [1.807, 2.05) is 12.1 Å². The predicted molar refractivity (Wildman–Crippen MR) is 106 cm³/mol. The van der Waals surface area contributed by atoms with Crippen LogP contribution in [0.15, 0.2) is 47.6 Å². The Morgan fingerprint density at radius 1 is 1.12 bits per heavy atom. The standard InChI is InChI=1S/C18H18N4O2S2/c1-10-13(11-3-5-12(6-4-11)22-26(2,23)24)7-8-14-15-17(25-16(10)14)18(19)21-9-20-15/h3-10,16,22H,1-2H3,(H2,19,20,21)/t10-,16?/m0/s1. The summed E-state index contributed by atoms with van der Waals surface area (Å²) in [4.78, 5) is 9.46. The second kappa shape index (κ2) is 6.14. The van der Waals surface area contributed by atoms with Gasteiger partial charge in [-0.15, -0.1) is 11.8 Å². The van der Waals surface area contributed by atoms with Gasteiger partial charge in [0.15, 0.2) is 0 Å². The summed E-state index contributed by atoms with van der Waals surface area (Å²) < 4.78 is 25.2. The van der Waals surface area contributed by atoms with E-state index in [0.29, 0.717) is 11.5 Å². The van der Waals surface area contributed by atoms with E-state index in [0.717, 1.165) is 22.4 Å². The Kier molecular flexibility index (Phi) is 4.04. The molecular formula is C18H18N4O2S2. The van der Waals surface area contributed by atoms with Gasteiger partial charge in [0, 0.05) is 10.9 Å². The van der Waals surface area contributed by atoms with Crippen molar-refractivity contribution in [2.45, 2.75) is 17.1 Å². The monoisotopic (exact) mass is 386 g/mol. The average Bonchev–Trinajstić information content (AvgIpc) is 2.96. The van der Waals surface area contributed by atoms with Crippen molar-refractivity contribution in [2.24, 2.45) is 5.92 Å². The van der Waals surface area contributed by atoms with E-state index in [2.05, 4.69) is 33.8 Å². The maximum Gasteiger partial charge on any atom is 0.229 e. The van der Waals surface area contributed by atoms with Crippen LogP contribution in [-0.2, 0) is 10.0 Å². The van der Waals surface area contributed by atoms with Crippen molar-refractivity contribution < 1.29 is 8.42 Å². The molecule has 1 unspecified atom stereocenters. The number of allylic oxidation sites excluding steroid dienone is 3. The highest BCUT2D eigenvalue weighted by Crippen LogP contribution is 2.53. The van der Waals surface area contributed by atoms with Crippen LogP contribution >= 0.6 is 11.8 Å². The lowest BCUT2D eigenvalue weighted by Gasteiger charge is -2.26. The summed E-state index contributed by atoms with van der Waals surface area (Å²) in [5.74, 6) is 0.794. The highest BCUT2D eigenvalue weighted by atomic mass is 32.2. The number of thioether (sulfide) groups is 1. The number of nitrogens with zero attached hydrogens (tertiary/aromatic N) is 2. The van der Waals surface area contributed by atoms with Crippen LogP contribution in [0.3, 0.4) is 0 Å². The summed E-state index contributed by atoms with van der Waals surface area (Å²) in [6, 6.07) is 7.44. The number of benzene rings is 1. The Morgan fingerprint density at radius 3 is 2.50 bits per heavy atom. The molecule has 8 heteroatoms. The largest absolute Gasteiger partial charge is 0.383 e. The van der Waals surface area contributed by atoms with Crippen LogP contribution < -0.4 is 10.5 Å². The molecule has 3 N–H and O–H groups in total. The van der Waals surface area contributed by atoms with Gasteiger partial charge in [0.2, 0.25) is 10.0 Å². The highest BCUT2D eigenvalue weighted by Gasteiger charge is 2.37. The fourth-order valence-corrected chi connectivity index (χ4v) is 5.32. The molecule has 0 amide bonds. The molecule has 0 fully saturated rings. The Bertz CT molecular complexity index is 1040. The third-order valence-electron chi connectivity index (χ3n) is 4.56. The topological polar surface area (TPSA) is 98.0 Å². The lowest BCUT2D eigenvalue weighted by atomic mass is 9.83. The Labute approximate surface area is 156 Å². The van der Waals surface area contributed by atoms with Gasteiger partial charge in [-0.3, -0.25) is 4.72 Å². The summed E-state index contributed by atoms with van der Waals surface area (Å²) >= 11 is 1.71. The first-order valence-corrected chi connectivity index (χ1v) is 10.9. The van der Waals surface area contributed by atoms with Crippen LogP contribution in [0, 0.1) is 5.92 Å². The molecule has 1 aromatic carbocycles. The molecule has 0 saturated heterocycles. The maximum atomic E-state index is 11.3. The number of anilines is 2. The van der Waals surface area contributed by atoms with Gasteiger partial charge >= 0.3 is 0 Å². The predicted octanol–water partition coefficient (Wildman–Crippen LogP) is 3.02. The van der Waals surface area contributed by atoms with Crippen LogP contribution in [0.25, 0.3) is 11.1 Å². The van der Waals surface area contributed by atoms with Crippen molar-refractivity contribution in [3.63, 3.8) is 0 Å². The molecule has 134 valence electrons. The summed E-state index contributed by atoms with van der Waals surface area (Å²) in [6.07, 6.45) is 6.87. The van der Waals surface area contributed by atoms with Gasteiger partial charge < -0.3 is 5.73 Å². The SMILES string of the molecule is C[C@H]1C(c2ccc(NS(C)(=O)=O)cc2)=CC=C2c3ncnc(N)c3SC21. The summed E-state index contributed by atoms with van der Waals surface area (Å²) in [6.45, 7) is 2.19. The molecule has 0 spiro atoms. The maximum absolute atomic E-state index is 11.3. The molecule has 0 bridgehead atoms. The minimum absolute atomic E-state index is 0.248. The fraction of sp³-hybridized carbons (Fsp3) is 0.222. The Balaban J connectivity index is 1.66.